The fourth-order valence-electron chi connectivity index (χ4n) is 4.07. The smallest absolute Gasteiger partial charge is 0.236 e. The zero-order valence-corrected chi connectivity index (χ0v) is 20.6. The fourth-order valence-corrected chi connectivity index (χ4v) is 4.07. The number of nitrogens with zero attached hydrogens (tertiary/aromatic N) is 5. The molecule has 2 heterocycles. The predicted molar refractivity (Wildman–Crippen MR) is 136 cm³/mol. The van der Waals surface area contributed by atoms with E-state index >= 15 is 0 Å². The van der Waals surface area contributed by atoms with Gasteiger partial charge in [-0.1, -0.05) is 95.4 Å². The maximum atomic E-state index is 13.2. The van der Waals surface area contributed by atoms with Crippen LogP contribution in [0.25, 0.3) is 5.69 Å². The number of benzene rings is 1. The predicted octanol–water partition coefficient (Wildman–Crippen LogP) is 6.40. The molecule has 0 aliphatic rings. The molecule has 0 spiro atoms. The lowest BCUT2D eigenvalue weighted by Gasteiger charge is -2.14. The van der Waals surface area contributed by atoms with Gasteiger partial charge in [-0.25, -0.2) is 4.98 Å². The molecule has 0 aliphatic heterocycles. The van der Waals surface area contributed by atoms with E-state index in [9.17, 15) is 4.79 Å². The summed E-state index contributed by atoms with van der Waals surface area (Å²) in [6.07, 6.45) is 14.9. The first-order chi connectivity index (χ1) is 16.7. The van der Waals surface area contributed by atoms with Crippen LogP contribution in [0.5, 0.6) is 0 Å². The van der Waals surface area contributed by atoms with Gasteiger partial charge in [0.2, 0.25) is 5.91 Å². The molecule has 1 N–H and O–H groups in total. The lowest BCUT2D eigenvalue weighted by atomic mass is 9.98. The number of carbonyl (C=O) groups is 1. The molecule has 0 saturated heterocycles. The van der Waals surface area contributed by atoms with Crippen molar-refractivity contribution in [2.24, 2.45) is 0 Å². The van der Waals surface area contributed by atoms with Crippen LogP contribution in [0, 0.1) is 6.92 Å². The number of aromatic nitrogens is 5. The van der Waals surface area contributed by atoms with E-state index in [4.69, 9.17) is 0 Å². The van der Waals surface area contributed by atoms with Crippen LogP contribution in [-0.4, -0.2) is 31.1 Å². The van der Waals surface area contributed by atoms with Crippen LogP contribution in [-0.2, 0) is 4.79 Å². The highest BCUT2D eigenvalue weighted by atomic mass is 16.2. The zero-order valence-electron chi connectivity index (χ0n) is 20.6. The molecule has 3 rings (SSSR count). The normalized spacial score (nSPS) is 11.9. The Hall–Kier alpha value is -3.09. The molecule has 0 aliphatic carbocycles. The molecule has 0 saturated carbocycles. The van der Waals surface area contributed by atoms with Gasteiger partial charge in [0.1, 0.15) is 11.7 Å². The Balaban J connectivity index is 1.57. The molecule has 2 aromatic heterocycles. The van der Waals surface area contributed by atoms with Crippen molar-refractivity contribution in [1.29, 1.82) is 0 Å². The summed E-state index contributed by atoms with van der Waals surface area (Å²) in [5.74, 6) is 0.431. The number of anilines is 1. The van der Waals surface area contributed by atoms with Gasteiger partial charge in [0.25, 0.3) is 0 Å². The van der Waals surface area contributed by atoms with E-state index in [2.05, 4.69) is 32.6 Å². The SMILES string of the molecule is CCCCCCCCCCCCC(C(=O)Nc1ncccc1C)c1nnn(-c2ccccc2)n1. The van der Waals surface area contributed by atoms with Gasteiger partial charge in [0, 0.05) is 6.20 Å². The van der Waals surface area contributed by atoms with E-state index in [0.717, 1.165) is 24.1 Å². The number of para-hydroxylation sites is 1. The van der Waals surface area contributed by atoms with Crippen LogP contribution in [0.4, 0.5) is 5.82 Å². The summed E-state index contributed by atoms with van der Waals surface area (Å²) < 4.78 is 0. The minimum atomic E-state index is -0.465. The first-order valence-electron chi connectivity index (χ1n) is 12.8. The maximum Gasteiger partial charge on any atom is 0.236 e. The molecular weight excluding hydrogens is 424 g/mol. The minimum Gasteiger partial charge on any atom is -0.310 e. The van der Waals surface area contributed by atoms with Crippen molar-refractivity contribution < 1.29 is 4.79 Å². The second-order valence-electron chi connectivity index (χ2n) is 8.95. The second-order valence-corrected chi connectivity index (χ2v) is 8.95. The Morgan fingerprint density at radius 3 is 2.26 bits per heavy atom. The number of amides is 1. The third-order valence-corrected chi connectivity index (χ3v) is 6.14. The molecule has 1 unspecified atom stereocenters. The molecule has 182 valence electrons. The maximum absolute atomic E-state index is 13.2. The van der Waals surface area contributed by atoms with Crippen LogP contribution in [0.1, 0.15) is 94.9 Å². The van der Waals surface area contributed by atoms with Crippen molar-refractivity contribution in [3.8, 4) is 5.69 Å². The zero-order chi connectivity index (χ0) is 24.0. The number of hydrogen-bond donors (Lipinski definition) is 1. The number of tetrazole rings is 1. The molecule has 0 fully saturated rings. The van der Waals surface area contributed by atoms with Crippen LogP contribution in [0.2, 0.25) is 0 Å². The molecule has 7 heteroatoms. The van der Waals surface area contributed by atoms with Gasteiger partial charge in [0.15, 0.2) is 5.82 Å². The molecular formula is C27H38N6O. The summed E-state index contributed by atoms with van der Waals surface area (Å²) in [6, 6.07) is 13.4. The average molecular weight is 463 g/mol. The van der Waals surface area contributed by atoms with Crippen molar-refractivity contribution in [2.45, 2.75) is 90.4 Å². The number of hydrogen-bond acceptors (Lipinski definition) is 5. The largest absolute Gasteiger partial charge is 0.310 e. The van der Waals surface area contributed by atoms with Crippen LogP contribution in [0.3, 0.4) is 0 Å². The Morgan fingerprint density at radius 2 is 1.59 bits per heavy atom. The quantitative estimate of drug-likeness (QED) is 0.264. The lowest BCUT2D eigenvalue weighted by Crippen LogP contribution is -2.23. The van der Waals surface area contributed by atoms with E-state index < -0.39 is 5.92 Å². The fraction of sp³-hybridized carbons (Fsp3) is 0.519. The third-order valence-electron chi connectivity index (χ3n) is 6.14. The van der Waals surface area contributed by atoms with Gasteiger partial charge in [0.05, 0.1) is 5.69 Å². The Kier molecular flexibility index (Phi) is 10.7. The number of rotatable bonds is 15. The first-order valence-corrected chi connectivity index (χ1v) is 12.8. The summed E-state index contributed by atoms with van der Waals surface area (Å²) in [4.78, 5) is 19.0. The van der Waals surface area contributed by atoms with Gasteiger partial charge >= 0.3 is 0 Å². The van der Waals surface area contributed by atoms with E-state index in [0.29, 0.717) is 18.1 Å². The van der Waals surface area contributed by atoms with Crippen molar-refractivity contribution in [2.75, 3.05) is 5.32 Å². The number of aryl methyl sites for hydroxylation is 1. The Bertz CT molecular complexity index is 988. The number of carbonyl (C=O) groups excluding carboxylic acids is 1. The molecule has 1 aromatic carbocycles. The minimum absolute atomic E-state index is 0.134. The highest BCUT2D eigenvalue weighted by molar-refractivity contribution is 5.95. The van der Waals surface area contributed by atoms with E-state index in [1.807, 2.05) is 49.4 Å². The standard InChI is InChI=1S/C27H38N6O/c1-3-4-5-6-7-8-9-10-11-15-20-24(27(34)29-25-22(2)17-16-21-28-25)26-30-32-33(31-26)23-18-13-12-14-19-23/h12-14,16-19,21,24H,3-11,15,20H2,1-2H3,(H,28,29,34). The molecule has 0 bridgehead atoms. The summed E-state index contributed by atoms with van der Waals surface area (Å²) >= 11 is 0. The summed E-state index contributed by atoms with van der Waals surface area (Å²) in [5, 5.41) is 16.0. The molecule has 1 amide bonds. The highest BCUT2D eigenvalue weighted by Gasteiger charge is 2.26. The van der Waals surface area contributed by atoms with E-state index in [1.54, 1.807) is 6.20 Å². The highest BCUT2D eigenvalue weighted by Crippen LogP contribution is 2.23. The van der Waals surface area contributed by atoms with Gasteiger partial charge in [-0.15, -0.1) is 15.0 Å². The summed E-state index contributed by atoms with van der Waals surface area (Å²) in [6.45, 7) is 4.19. The molecule has 3 aromatic rings. The number of unbranched alkanes of at least 4 members (excludes halogenated alkanes) is 9. The molecule has 0 radical (unpaired) electrons. The average Bonchev–Trinajstić information content (AvgIpc) is 3.34. The van der Waals surface area contributed by atoms with E-state index in [1.165, 1.54) is 56.2 Å². The van der Waals surface area contributed by atoms with Crippen molar-refractivity contribution in [3.05, 3.63) is 60.0 Å². The van der Waals surface area contributed by atoms with Crippen LogP contribution in [0.15, 0.2) is 48.7 Å². The van der Waals surface area contributed by atoms with Crippen molar-refractivity contribution >= 4 is 11.7 Å². The molecule has 7 nitrogen and oxygen atoms in total. The Morgan fingerprint density at radius 1 is 0.912 bits per heavy atom. The summed E-state index contributed by atoms with van der Waals surface area (Å²) in [7, 11) is 0. The number of pyridine rings is 1. The summed E-state index contributed by atoms with van der Waals surface area (Å²) in [5.41, 5.74) is 1.74. The van der Waals surface area contributed by atoms with Gasteiger partial charge < -0.3 is 5.32 Å². The lowest BCUT2D eigenvalue weighted by molar-refractivity contribution is -0.118. The second kappa shape index (κ2) is 14.2. The Labute approximate surface area is 203 Å². The van der Waals surface area contributed by atoms with Gasteiger partial charge in [-0.05, 0) is 42.3 Å². The third kappa shape index (κ3) is 8.04. The topological polar surface area (TPSA) is 85.6 Å². The first kappa shape index (κ1) is 25.5. The number of nitrogens with one attached hydrogen (secondary N) is 1. The van der Waals surface area contributed by atoms with Gasteiger partial charge in [-0.3, -0.25) is 4.79 Å². The van der Waals surface area contributed by atoms with E-state index in [-0.39, 0.29) is 5.91 Å². The van der Waals surface area contributed by atoms with Gasteiger partial charge in [-0.2, -0.15) is 0 Å². The van der Waals surface area contributed by atoms with Crippen LogP contribution < -0.4 is 5.32 Å². The molecule has 1 atom stereocenters. The monoisotopic (exact) mass is 462 g/mol. The van der Waals surface area contributed by atoms with Crippen molar-refractivity contribution in [3.63, 3.8) is 0 Å². The van der Waals surface area contributed by atoms with Crippen molar-refractivity contribution in [1.82, 2.24) is 25.2 Å². The molecule has 34 heavy (non-hydrogen) atoms. The van der Waals surface area contributed by atoms with Crippen LogP contribution >= 0.6 is 0 Å².